The van der Waals surface area contributed by atoms with Gasteiger partial charge in [0.1, 0.15) is 0 Å². The predicted octanol–water partition coefficient (Wildman–Crippen LogP) is 1.71. The van der Waals surface area contributed by atoms with E-state index in [1.54, 1.807) is 0 Å². The van der Waals surface area contributed by atoms with Crippen molar-refractivity contribution in [1.29, 1.82) is 0 Å². The topological polar surface area (TPSA) is 50.1 Å². The van der Waals surface area contributed by atoms with Crippen molar-refractivity contribution in [3.63, 3.8) is 0 Å². The van der Waals surface area contributed by atoms with Gasteiger partial charge in [-0.05, 0) is 37.1 Å². The smallest absolute Gasteiger partial charge is 0.0478 e. The molecule has 2 unspecified atom stereocenters. The van der Waals surface area contributed by atoms with Gasteiger partial charge < -0.3 is 5.73 Å². The molecule has 0 bridgehead atoms. The van der Waals surface area contributed by atoms with E-state index in [0.29, 0.717) is 12.1 Å². The number of halogens is 1. The van der Waals surface area contributed by atoms with Gasteiger partial charge in [-0.25, -0.2) is 0 Å². The van der Waals surface area contributed by atoms with Gasteiger partial charge in [0.15, 0.2) is 0 Å². The fourth-order valence-corrected chi connectivity index (χ4v) is 2.37. The Kier molecular flexibility index (Phi) is 3.75. The Bertz CT molecular complexity index is 329. The predicted molar refractivity (Wildman–Crippen MR) is 65.2 cm³/mol. The van der Waals surface area contributed by atoms with E-state index < -0.39 is 0 Å². The molecule has 1 aromatic carbocycles. The van der Waals surface area contributed by atoms with Gasteiger partial charge in [0.05, 0.1) is 0 Å². The minimum Gasteiger partial charge on any atom is -0.330 e. The number of hydrazine groups is 1. The van der Waals surface area contributed by atoms with Crippen LogP contribution in [-0.4, -0.2) is 12.6 Å². The second-order valence-corrected chi connectivity index (χ2v) is 4.82. The summed E-state index contributed by atoms with van der Waals surface area (Å²) in [4.78, 5) is 0. The maximum Gasteiger partial charge on any atom is 0.0478 e. The van der Waals surface area contributed by atoms with Crippen LogP contribution in [0, 0.1) is 0 Å². The second-order valence-electron chi connectivity index (χ2n) is 3.91. The van der Waals surface area contributed by atoms with Crippen LogP contribution in [0.5, 0.6) is 0 Å². The van der Waals surface area contributed by atoms with Gasteiger partial charge in [0, 0.05) is 16.6 Å². The number of nitrogens with one attached hydrogen (secondary N) is 2. The van der Waals surface area contributed by atoms with Crippen molar-refractivity contribution in [2.45, 2.75) is 24.9 Å². The van der Waals surface area contributed by atoms with Crippen LogP contribution < -0.4 is 16.6 Å². The molecule has 0 aliphatic carbocycles. The average molecular weight is 270 g/mol. The number of hydrogen-bond donors (Lipinski definition) is 3. The summed E-state index contributed by atoms with van der Waals surface area (Å²) in [7, 11) is 0. The van der Waals surface area contributed by atoms with Gasteiger partial charge in [-0.2, -0.15) is 0 Å². The Labute approximate surface area is 98.5 Å². The summed E-state index contributed by atoms with van der Waals surface area (Å²) in [6, 6.07) is 9.32. The number of nitrogens with two attached hydrogens (primary N) is 1. The van der Waals surface area contributed by atoms with E-state index in [1.807, 2.05) is 6.07 Å². The van der Waals surface area contributed by atoms with Crippen LogP contribution in [0.2, 0.25) is 0 Å². The highest BCUT2D eigenvalue weighted by molar-refractivity contribution is 9.10. The quantitative estimate of drug-likeness (QED) is 0.783. The van der Waals surface area contributed by atoms with Gasteiger partial charge in [-0.1, -0.05) is 28.1 Å². The molecule has 15 heavy (non-hydrogen) atoms. The minimum atomic E-state index is 0.402. The zero-order valence-electron chi connectivity index (χ0n) is 8.54. The Hall–Kier alpha value is -0.420. The largest absolute Gasteiger partial charge is 0.330 e. The third kappa shape index (κ3) is 2.78. The van der Waals surface area contributed by atoms with Crippen LogP contribution in [-0.2, 0) is 0 Å². The first-order valence-electron chi connectivity index (χ1n) is 5.26. The Morgan fingerprint density at radius 1 is 1.40 bits per heavy atom. The summed E-state index contributed by atoms with van der Waals surface area (Å²) in [5.41, 5.74) is 13.4. The van der Waals surface area contributed by atoms with Gasteiger partial charge in [0.2, 0.25) is 0 Å². The third-order valence-corrected chi connectivity index (χ3v) is 3.24. The summed E-state index contributed by atoms with van der Waals surface area (Å²) >= 11 is 3.49. The highest BCUT2D eigenvalue weighted by Gasteiger charge is 2.23. The first-order valence-corrected chi connectivity index (χ1v) is 6.05. The molecule has 3 nitrogen and oxygen atoms in total. The molecule has 0 spiro atoms. The normalized spacial score (nSPS) is 25.7. The zero-order valence-corrected chi connectivity index (χ0v) is 10.1. The van der Waals surface area contributed by atoms with E-state index >= 15 is 0 Å². The van der Waals surface area contributed by atoms with E-state index in [-0.39, 0.29) is 0 Å². The van der Waals surface area contributed by atoms with Gasteiger partial charge in [0.25, 0.3) is 0 Å². The lowest BCUT2D eigenvalue weighted by Crippen LogP contribution is -2.32. The zero-order chi connectivity index (χ0) is 10.7. The number of rotatable bonds is 3. The fraction of sp³-hybridized carbons (Fsp3) is 0.455. The average Bonchev–Trinajstić information content (AvgIpc) is 2.67. The highest BCUT2D eigenvalue weighted by atomic mass is 79.9. The molecule has 1 saturated heterocycles. The van der Waals surface area contributed by atoms with Crippen molar-refractivity contribution in [1.82, 2.24) is 10.9 Å². The molecule has 4 heteroatoms. The maximum atomic E-state index is 5.54. The van der Waals surface area contributed by atoms with Crippen molar-refractivity contribution in [3.05, 3.63) is 34.3 Å². The summed E-state index contributed by atoms with van der Waals surface area (Å²) in [6.07, 6.45) is 2.13. The molecule has 0 saturated carbocycles. The molecular weight excluding hydrogens is 254 g/mol. The summed E-state index contributed by atoms with van der Waals surface area (Å²) < 4.78 is 1.13. The van der Waals surface area contributed by atoms with E-state index in [0.717, 1.165) is 23.9 Å². The third-order valence-electron chi connectivity index (χ3n) is 2.75. The summed E-state index contributed by atoms with van der Waals surface area (Å²) in [6.45, 7) is 0.741. The molecule has 4 N–H and O–H groups in total. The van der Waals surface area contributed by atoms with Crippen LogP contribution in [0.15, 0.2) is 28.7 Å². The Morgan fingerprint density at radius 3 is 3.00 bits per heavy atom. The molecule has 1 aromatic rings. The van der Waals surface area contributed by atoms with E-state index in [1.165, 1.54) is 5.56 Å². The second kappa shape index (κ2) is 5.07. The molecule has 1 aliphatic heterocycles. The van der Waals surface area contributed by atoms with Crippen molar-refractivity contribution in [2.75, 3.05) is 6.54 Å². The van der Waals surface area contributed by atoms with E-state index in [2.05, 4.69) is 45.0 Å². The maximum absolute atomic E-state index is 5.54. The van der Waals surface area contributed by atoms with Crippen molar-refractivity contribution < 1.29 is 0 Å². The standard InChI is InChI=1S/C11H16BrN3/c12-9-3-1-2-8(6-9)11-7-10(4-5-13)14-15-11/h1-3,6,10-11,14-15H,4-5,7,13H2. The molecular formula is C11H16BrN3. The van der Waals surface area contributed by atoms with Crippen LogP contribution in [0.1, 0.15) is 24.4 Å². The Balaban J connectivity index is 2.01. The van der Waals surface area contributed by atoms with Crippen LogP contribution in [0.25, 0.3) is 0 Å². The molecule has 0 aromatic heterocycles. The van der Waals surface area contributed by atoms with Crippen molar-refractivity contribution in [3.8, 4) is 0 Å². The van der Waals surface area contributed by atoms with Crippen LogP contribution >= 0.6 is 15.9 Å². The first-order chi connectivity index (χ1) is 7.29. The molecule has 1 fully saturated rings. The lowest BCUT2D eigenvalue weighted by Gasteiger charge is -2.09. The van der Waals surface area contributed by atoms with Crippen LogP contribution in [0.4, 0.5) is 0 Å². The number of benzene rings is 1. The Morgan fingerprint density at radius 2 is 2.27 bits per heavy atom. The van der Waals surface area contributed by atoms with Gasteiger partial charge in [-0.3, -0.25) is 10.9 Å². The van der Waals surface area contributed by atoms with E-state index in [9.17, 15) is 0 Å². The SMILES string of the molecule is NCCC1CC(c2cccc(Br)c2)NN1. The molecule has 0 amide bonds. The van der Waals surface area contributed by atoms with Gasteiger partial charge >= 0.3 is 0 Å². The van der Waals surface area contributed by atoms with Gasteiger partial charge in [-0.15, -0.1) is 0 Å². The highest BCUT2D eigenvalue weighted by Crippen LogP contribution is 2.25. The molecule has 0 radical (unpaired) electrons. The molecule has 2 atom stereocenters. The summed E-state index contributed by atoms with van der Waals surface area (Å²) in [5.74, 6) is 0. The molecule has 1 aliphatic rings. The molecule has 2 rings (SSSR count). The van der Waals surface area contributed by atoms with Crippen molar-refractivity contribution >= 4 is 15.9 Å². The molecule has 1 heterocycles. The van der Waals surface area contributed by atoms with Crippen molar-refractivity contribution in [2.24, 2.45) is 5.73 Å². The lowest BCUT2D eigenvalue weighted by molar-refractivity contribution is 0.521. The first kappa shape index (κ1) is 11.1. The monoisotopic (exact) mass is 269 g/mol. The minimum absolute atomic E-state index is 0.402. The van der Waals surface area contributed by atoms with E-state index in [4.69, 9.17) is 5.73 Å². The number of hydrogen-bond acceptors (Lipinski definition) is 3. The fourth-order valence-electron chi connectivity index (χ4n) is 1.95. The summed E-state index contributed by atoms with van der Waals surface area (Å²) in [5, 5.41) is 0. The molecule has 82 valence electrons. The van der Waals surface area contributed by atoms with Crippen LogP contribution in [0.3, 0.4) is 0 Å². The lowest BCUT2D eigenvalue weighted by atomic mass is 10.0.